The summed E-state index contributed by atoms with van der Waals surface area (Å²) < 4.78 is 0. The molecule has 0 saturated heterocycles. The number of H-pyrrole nitrogens is 1. The van der Waals surface area contributed by atoms with Gasteiger partial charge in [-0.2, -0.15) is 5.10 Å². The van der Waals surface area contributed by atoms with E-state index in [4.69, 9.17) is 0 Å². The molecule has 1 unspecified atom stereocenters. The van der Waals surface area contributed by atoms with Gasteiger partial charge in [-0.05, 0) is 23.6 Å². The summed E-state index contributed by atoms with van der Waals surface area (Å²) in [6.07, 6.45) is 0.473. The second-order valence-corrected chi connectivity index (χ2v) is 6.38. The first-order chi connectivity index (χ1) is 10.7. The number of benzene rings is 1. The number of hydrogen-bond acceptors (Lipinski definition) is 4. The van der Waals surface area contributed by atoms with Crippen molar-refractivity contribution in [3.63, 3.8) is 0 Å². The highest BCUT2D eigenvalue weighted by atomic mass is 32.1. The van der Waals surface area contributed by atoms with Gasteiger partial charge in [0.25, 0.3) is 0 Å². The molecule has 3 aromatic rings. The van der Waals surface area contributed by atoms with Gasteiger partial charge in [0, 0.05) is 17.9 Å². The molecule has 0 radical (unpaired) electrons. The van der Waals surface area contributed by atoms with Crippen LogP contribution in [0.5, 0.6) is 0 Å². The quantitative estimate of drug-likeness (QED) is 0.763. The predicted octanol–water partition coefficient (Wildman–Crippen LogP) is 3.15. The van der Waals surface area contributed by atoms with E-state index in [1.165, 1.54) is 0 Å². The molecule has 1 atom stereocenters. The van der Waals surface area contributed by atoms with E-state index in [9.17, 15) is 4.79 Å². The number of amides is 1. The van der Waals surface area contributed by atoms with Crippen LogP contribution in [0.2, 0.25) is 0 Å². The lowest BCUT2D eigenvalue weighted by molar-refractivity contribution is -0.121. The first-order valence-electron chi connectivity index (χ1n) is 7.11. The fraction of sp³-hybridized carbons (Fsp3) is 0.188. The Morgan fingerprint density at radius 1 is 1.32 bits per heavy atom. The zero-order chi connectivity index (χ0) is 15.1. The third-order valence-electron chi connectivity index (χ3n) is 3.79. The molecule has 0 fully saturated rings. The number of thiophene rings is 1. The highest BCUT2D eigenvalue weighted by Crippen LogP contribution is 2.26. The molecule has 0 bridgehead atoms. The Labute approximate surface area is 131 Å². The van der Waals surface area contributed by atoms with Crippen molar-refractivity contribution in [2.45, 2.75) is 13.3 Å². The lowest BCUT2D eigenvalue weighted by Crippen LogP contribution is -2.31. The van der Waals surface area contributed by atoms with E-state index in [1.807, 2.05) is 42.6 Å². The zero-order valence-corrected chi connectivity index (χ0v) is 12.8. The third kappa shape index (κ3) is 2.21. The van der Waals surface area contributed by atoms with Gasteiger partial charge >= 0.3 is 0 Å². The summed E-state index contributed by atoms with van der Waals surface area (Å²) in [5.74, 6) is 0.971. The summed E-state index contributed by atoms with van der Waals surface area (Å²) in [4.78, 5) is 20.5. The largest absolute Gasteiger partial charge is 0.337 e. The molecule has 2 aromatic heterocycles. The van der Waals surface area contributed by atoms with E-state index in [0.29, 0.717) is 6.42 Å². The summed E-state index contributed by atoms with van der Waals surface area (Å²) in [6, 6.07) is 10.1. The Hall–Kier alpha value is -2.47. The molecule has 1 amide bonds. The molecule has 5 nitrogen and oxygen atoms in total. The van der Waals surface area contributed by atoms with Crippen LogP contribution in [0, 0.1) is 5.92 Å². The molecule has 22 heavy (non-hydrogen) atoms. The van der Waals surface area contributed by atoms with Gasteiger partial charge in [-0.15, -0.1) is 11.3 Å². The normalized spacial score (nSPS) is 18.3. The number of carbonyl (C=O) groups is 1. The average Bonchev–Trinajstić information content (AvgIpc) is 3.15. The zero-order valence-electron chi connectivity index (χ0n) is 12.0. The summed E-state index contributed by atoms with van der Waals surface area (Å²) >= 11 is 1.66. The van der Waals surface area contributed by atoms with E-state index in [2.05, 4.69) is 20.5 Å². The molecule has 3 heterocycles. The number of rotatable bonds is 2. The lowest BCUT2D eigenvalue weighted by atomic mass is 9.94. The summed E-state index contributed by atoms with van der Waals surface area (Å²) in [7, 11) is 0. The Morgan fingerprint density at radius 3 is 3.00 bits per heavy atom. The Balaban J connectivity index is 1.76. The SMILES string of the molecule is CC1CC(=O)NN=C1c1ccc2nc(-c3cccs3)[nH]c2c1. The van der Waals surface area contributed by atoms with Crippen LogP contribution < -0.4 is 5.43 Å². The molecule has 1 aliphatic heterocycles. The van der Waals surface area contributed by atoms with Crippen molar-refractivity contribution in [1.82, 2.24) is 15.4 Å². The van der Waals surface area contributed by atoms with Crippen molar-refractivity contribution < 1.29 is 4.79 Å². The van der Waals surface area contributed by atoms with Crippen LogP contribution in [0.4, 0.5) is 0 Å². The topological polar surface area (TPSA) is 70.1 Å². The molecule has 4 rings (SSSR count). The van der Waals surface area contributed by atoms with E-state index < -0.39 is 0 Å². The van der Waals surface area contributed by atoms with Crippen LogP contribution in [0.1, 0.15) is 18.9 Å². The van der Waals surface area contributed by atoms with Crippen LogP contribution in [0.15, 0.2) is 40.8 Å². The molecule has 0 spiro atoms. The number of nitrogens with zero attached hydrogens (tertiary/aromatic N) is 2. The van der Waals surface area contributed by atoms with Gasteiger partial charge in [0.1, 0.15) is 5.82 Å². The highest BCUT2D eigenvalue weighted by Gasteiger charge is 2.22. The van der Waals surface area contributed by atoms with Crippen LogP contribution in [-0.4, -0.2) is 21.6 Å². The molecular formula is C16H14N4OS. The van der Waals surface area contributed by atoms with Gasteiger partial charge in [-0.25, -0.2) is 10.4 Å². The van der Waals surface area contributed by atoms with Gasteiger partial charge in [0.05, 0.1) is 21.6 Å². The standard InChI is InChI=1S/C16H14N4OS/c1-9-7-14(21)19-20-15(9)10-4-5-11-12(8-10)18-16(17-11)13-3-2-6-22-13/h2-6,8-9H,7H2,1H3,(H,17,18)(H,19,21). The van der Waals surface area contributed by atoms with Crippen molar-refractivity contribution >= 4 is 34.0 Å². The molecule has 6 heteroatoms. The van der Waals surface area contributed by atoms with Gasteiger partial charge in [0.2, 0.25) is 5.91 Å². The predicted molar refractivity (Wildman–Crippen MR) is 87.9 cm³/mol. The van der Waals surface area contributed by atoms with Gasteiger partial charge in [0.15, 0.2) is 0 Å². The first-order valence-corrected chi connectivity index (χ1v) is 7.99. The van der Waals surface area contributed by atoms with E-state index >= 15 is 0 Å². The van der Waals surface area contributed by atoms with Crippen LogP contribution >= 0.6 is 11.3 Å². The van der Waals surface area contributed by atoms with Gasteiger partial charge in [-0.1, -0.05) is 19.1 Å². The number of fused-ring (bicyclic) bond motifs is 1. The molecular weight excluding hydrogens is 296 g/mol. The molecule has 1 aliphatic rings. The van der Waals surface area contributed by atoms with E-state index in [-0.39, 0.29) is 11.8 Å². The smallest absolute Gasteiger partial charge is 0.240 e. The first kappa shape index (κ1) is 13.2. The van der Waals surface area contributed by atoms with Crippen LogP contribution in [-0.2, 0) is 4.79 Å². The molecule has 110 valence electrons. The number of hydrogen-bond donors (Lipinski definition) is 2. The lowest BCUT2D eigenvalue weighted by Gasteiger charge is -2.18. The van der Waals surface area contributed by atoms with Crippen molar-refractivity contribution in [1.29, 1.82) is 0 Å². The Morgan fingerprint density at radius 2 is 2.23 bits per heavy atom. The van der Waals surface area contributed by atoms with Crippen molar-refractivity contribution in [3.8, 4) is 10.7 Å². The Bertz CT molecular complexity index is 879. The molecule has 1 aromatic carbocycles. The minimum absolute atomic E-state index is 0.0288. The highest BCUT2D eigenvalue weighted by molar-refractivity contribution is 7.13. The molecule has 2 N–H and O–H groups in total. The second-order valence-electron chi connectivity index (χ2n) is 5.43. The molecule has 0 aliphatic carbocycles. The van der Waals surface area contributed by atoms with Gasteiger partial charge < -0.3 is 4.98 Å². The van der Waals surface area contributed by atoms with Gasteiger partial charge in [-0.3, -0.25) is 4.79 Å². The fourth-order valence-electron chi connectivity index (χ4n) is 2.70. The monoisotopic (exact) mass is 310 g/mol. The number of imidazole rings is 1. The number of nitrogens with one attached hydrogen (secondary N) is 2. The van der Waals surface area contributed by atoms with Crippen LogP contribution in [0.25, 0.3) is 21.7 Å². The van der Waals surface area contributed by atoms with Crippen LogP contribution in [0.3, 0.4) is 0 Å². The van der Waals surface area contributed by atoms with E-state index in [1.54, 1.807) is 11.3 Å². The van der Waals surface area contributed by atoms with Crippen molar-refractivity contribution in [2.24, 2.45) is 11.0 Å². The summed E-state index contributed by atoms with van der Waals surface area (Å²) in [5, 5.41) is 6.25. The number of hydrazone groups is 1. The number of carbonyl (C=O) groups excluding carboxylic acids is 1. The Kier molecular flexibility index (Phi) is 3.04. The average molecular weight is 310 g/mol. The second kappa shape index (κ2) is 5.06. The van der Waals surface area contributed by atoms with Crippen molar-refractivity contribution in [3.05, 3.63) is 41.3 Å². The van der Waals surface area contributed by atoms with Crippen molar-refractivity contribution in [2.75, 3.05) is 0 Å². The minimum Gasteiger partial charge on any atom is -0.337 e. The third-order valence-corrected chi connectivity index (χ3v) is 4.67. The van der Waals surface area contributed by atoms with E-state index in [0.717, 1.165) is 33.0 Å². The minimum atomic E-state index is -0.0288. The maximum absolute atomic E-state index is 11.4. The number of aromatic amines is 1. The maximum Gasteiger partial charge on any atom is 0.240 e. The number of aromatic nitrogens is 2. The fourth-order valence-corrected chi connectivity index (χ4v) is 3.37. The summed E-state index contributed by atoms with van der Waals surface area (Å²) in [6.45, 7) is 2.02. The maximum atomic E-state index is 11.4. The molecule has 0 saturated carbocycles. The summed E-state index contributed by atoms with van der Waals surface area (Å²) in [5.41, 5.74) is 6.40.